The number of aryl methyl sites for hydroxylation is 1. The summed E-state index contributed by atoms with van der Waals surface area (Å²) in [5, 5.41) is 7.43. The van der Waals surface area contributed by atoms with Crippen molar-refractivity contribution in [2.75, 3.05) is 31.2 Å². The Morgan fingerprint density at radius 3 is 2.33 bits per heavy atom. The number of nitrogens with zero attached hydrogens (tertiary/aromatic N) is 8. The summed E-state index contributed by atoms with van der Waals surface area (Å²) in [5.74, 6) is 3.23. The van der Waals surface area contributed by atoms with E-state index in [1.807, 2.05) is 56.3 Å². The first kappa shape index (κ1) is 23.6. The lowest BCUT2D eigenvalue weighted by atomic mass is 10.2. The zero-order valence-corrected chi connectivity index (χ0v) is 20.7. The van der Waals surface area contributed by atoms with Crippen molar-refractivity contribution in [2.24, 2.45) is 0 Å². The number of fused-ring (bicyclic) bond motifs is 1. The number of hydrogen-bond donors (Lipinski definition) is 1. The minimum atomic E-state index is 0.486. The van der Waals surface area contributed by atoms with E-state index in [-0.39, 0.29) is 0 Å². The molecule has 1 aliphatic heterocycles. The van der Waals surface area contributed by atoms with Crippen LogP contribution in [0.5, 0.6) is 0 Å². The molecule has 0 saturated carbocycles. The minimum Gasteiger partial charge on any atom is -0.378 e. The summed E-state index contributed by atoms with van der Waals surface area (Å²) >= 11 is 0. The van der Waals surface area contributed by atoms with Gasteiger partial charge in [-0.25, -0.2) is 19.9 Å². The van der Waals surface area contributed by atoms with Crippen LogP contribution >= 0.6 is 0 Å². The average Bonchev–Trinajstić information content (AvgIpc) is 3.60. The smallest absolute Gasteiger partial charge is 0.201 e. The van der Waals surface area contributed by atoms with E-state index in [4.69, 9.17) is 24.7 Å². The van der Waals surface area contributed by atoms with Gasteiger partial charge in [0, 0.05) is 43.2 Å². The average molecular weight is 484 g/mol. The highest BCUT2D eigenvalue weighted by molar-refractivity contribution is 5.88. The van der Waals surface area contributed by atoms with Crippen LogP contribution in [0.3, 0.4) is 0 Å². The molecule has 1 N–H and O–H groups in total. The number of imidazole rings is 1. The van der Waals surface area contributed by atoms with Gasteiger partial charge in [-0.05, 0) is 19.1 Å². The predicted molar refractivity (Wildman–Crippen MR) is 139 cm³/mol. The van der Waals surface area contributed by atoms with Crippen LogP contribution in [0.15, 0.2) is 54.9 Å². The Balaban J connectivity index is 0.00000130. The molecule has 1 saturated heterocycles. The summed E-state index contributed by atoms with van der Waals surface area (Å²) in [6.45, 7) is 9.56. The Bertz CT molecular complexity index is 1420. The van der Waals surface area contributed by atoms with Crippen LogP contribution in [0.4, 0.5) is 5.82 Å². The van der Waals surface area contributed by atoms with Gasteiger partial charge in [-0.1, -0.05) is 44.2 Å². The van der Waals surface area contributed by atoms with Crippen molar-refractivity contribution in [3.05, 3.63) is 54.9 Å². The molecule has 10 heteroatoms. The van der Waals surface area contributed by atoms with Crippen molar-refractivity contribution in [2.45, 2.75) is 27.3 Å². The zero-order valence-electron chi connectivity index (χ0n) is 20.7. The first-order valence-electron chi connectivity index (χ1n) is 12.3. The summed E-state index contributed by atoms with van der Waals surface area (Å²) in [7, 11) is 0. The number of pyridine rings is 1. The van der Waals surface area contributed by atoms with Crippen molar-refractivity contribution >= 4 is 17.0 Å². The van der Waals surface area contributed by atoms with Gasteiger partial charge in [-0.2, -0.15) is 5.10 Å². The van der Waals surface area contributed by atoms with Gasteiger partial charge in [0.15, 0.2) is 28.6 Å². The predicted octanol–water partition coefficient (Wildman–Crippen LogP) is 4.22. The molecule has 0 aliphatic carbocycles. The normalized spacial score (nSPS) is 13.5. The van der Waals surface area contributed by atoms with Crippen LogP contribution in [0, 0.1) is 0 Å². The Hall–Kier alpha value is -4.18. The number of ether oxygens (including phenoxy) is 1. The number of aromatic nitrogens is 8. The van der Waals surface area contributed by atoms with Gasteiger partial charge in [0.05, 0.1) is 13.2 Å². The molecular weight excluding hydrogens is 454 g/mol. The number of hydrogen-bond acceptors (Lipinski definition) is 8. The summed E-state index contributed by atoms with van der Waals surface area (Å²) in [6, 6.07) is 13.8. The van der Waals surface area contributed by atoms with E-state index >= 15 is 0 Å². The molecule has 0 atom stereocenters. The standard InChI is InChI=1S/C24H23N9O.C2H6/c1-2-33-22(17-8-10-25-11-9-17)26-18-23(32-12-14-34-15-13-32)28-20(29-24(18)33)21-27-19(30-31-21)16-6-4-3-5-7-16;1-2/h3-11H,2,12-15H2,1H3,(H,27,30,31);1-2H3. The lowest BCUT2D eigenvalue weighted by Gasteiger charge is -2.28. The van der Waals surface area contributed by atoms with Gasteiger partial charge in [0.25, 0.3) is 0 Å². The van der Waals surface area contributed by atoms with Gasteiger partial charge >= 0.3 is 0 Å². The van der Waals surface area contributed by atoms with Gasteiger partial charge < -0.3 is 14.2 Å². The molecule has 36 heavy (non-hydrogen) atoms. The van der Waals surface area contributed by atoms with Gasteiger partial charge in [-0.3, -0.25) is 10.1 Å². The van der Waals surface area contributed by atoms with Crippen LogP contribution in [0.2, 0.25) is 0 Å². The molecule has 0 radical (unpaired) electrons. The molecule has 6 rings (SSSR count). The third-order valence-electron chi connectivity index (χ3n) is 5.87. The molecule has 4 aromatic heterocycles. The maximum absolute atomic E-state index is 5.57. The van der Waals surface area contributed by atoms with Crippen LogP contribution in [-0.4, -0.2) is 66.0 Å². The Morgan fingerprint density at radius 1 is 0.861 bits per heavy atom. The molecule has 5 aromatic rings. The highest BCUT2D eigenvalue weighted by Gasteiger charge is 2.24. The van der Waals surface area contributed by atoms with E-state index in [0.29, 0.717) is 37.2 Å². The number of aromatic amines is 1. The van der Waals surface area contributed by atoms with E-state index in [1.54, 1.807) is 12.4 Å². The van der Waals surface area contributed by atoms with Gasteiger partial charge in [0.2, 0.25) is 5.82 Å². The Kier molecular flexibility index (Phi) is 6.94. The van der Waals surface area contributed by atoms with Crippen molar-refractivity contribution in [3.8, 4) is 34.4 Å². The molecule has 0 spiro atoms. The molecule has 0 unspecified atom stereocenters. The van der Waals surface area contributed by atoms with Gasteiger partial charge in [0.1, 0.15) is 5.82 Å². The van der Waals surface area contributed by atoms with E-state index in [0.717, 1.165) is 47.0 Å². The first-order chi connectivity index (χ1) is 17.8. The third-order valence-corrected chi connectivity index (χ3v) is 5.87. The Labute approximate surface area is 209 Å². The fourth-order valence-electron chi connectivity index (χ4n) is 4.19. The molecule has 1 fully saturated rings. The summed E-state index contributed by atoms with van der Waals surface area (Å²) in [5.41, 5.74) is 3.44. The van der Waals surface area contributed by atoms with E-state index < -0.39 is 0 Å². The molecule has 184 valence electrons. The van der Waals surface area contributed by atoms with Crippen LogP contribution in [0.1, 0.15) is 20.8 Å². The van der Waals surface area contributed by atoms with Crippen molar-refractivity contribution in [1.82, 2.24) is 39.7 Å². The van der Waals surface area contributed by atoms with E-state index in [2.05, 4.69) is 31.6 Å². The van der Waals surface area contributed by atoms with Gasteiger partial charge in [-0.15, -0.1) is 0 Å². The zero-order chi connectivity index (χ0) is 24.9. The number of morpholine rings is 1. The van der Waals surface area contributed by atoms with Crippen molar-refractivity contribution < 1.29 is 4.74 Å². The number of H-pyrrole nitrogens is 1. The summed E-state index contributed by atoms with van der Waals surface area (Å²) < 4.78 is 7.68. The maximum atomic E-state index is 5.57. The molecular formula is C26H29N9O. The number of benzene rings is 1. The molecule has 0 bridgehead atoms. The Morgan fingerprint density at radius 2 is 1.61 bits per heavy atom. The monoisotopic (exact) mass is 483 g/mol. The number of nitrogens with one attached hydrogen (secondary N) is 1. The van der Waals surface area contributed by atoms with Crippen molar-refractivity contribution in [3.63, 3.8) is 0 Å². The second-order valence-corrected chi connectivity index (χ2v) is 7.93. The molecule has 5 heterocycles. The fraction of sp³-hybridized carbons (Fsp3) is 0.308. The fourth-order valence-corrected chi connectivity index (χ4v) is 4.19. The highest BCUT2D eigenvalue weighted by atomic mass is 16.5. The molecule has 1 aliphatic rings. The summed E-state index contributed by atoms with van der Waals surface area (Å²) in [4.78, 5) is 25.9. The number of anilines is 1. The van der Waals surface area contributed by atoms with Crippen LogP contribution in [0.25, 0.3) is 45.6 Å². The second kappa shape index (κ2) is 10.6. The maximum Gasteiger partial charge on any atom is 0.201 e. The third kappa shape index (κ3) is 4.42. The van der Waals surface area contributed by atoms with Crippen molar-refractivity contribution in [1.29, 1.82) is 0 Å². The van der Waals surface area contributed by atoms with Crippen LogP contribution < -0.4 is 4.90 Å². The largest absolute Gasteiger partial charge is 0.378 e. The highest BCUT2D eigenvalue weighted by Crippen LogP contribution is 2.31. The van der Waals surface area contributed by atoms with E-state index in [9.17, 15) is 0 Å². The topological polar surface area (TPSA) is 111 Å². The first-order valence-corrected chi connectivity index (χ1v) is 12.3. The quantitative estimate of drug-likeness (QED) is 0.396. The SMILES string of the molecule is CC.CCn1c(-c2ccncc2)nc2c(N3CCOCC3)nc(-c3nc(-c4ccccc4)n[nH]3)nc21. The molecule has 1 aromatic carbocycles. The van der Waals surface area contributed by atoms with E-state index in [1.165, 1.54) is 0 Å². The lowest BCUT2D eigenvalue weighted by Crippen LogP contribution is -2.37. The second-order valence-electron chi connectivity index (χ2n) is 7.93. The molecule has 0 amide bonds. The lowest BCUT2D eigenvalue weighted by molar-refractivity contribution is 0.122. The summed E-state index contributed by atoms with van der Waals surface area (Å²) in [6.07, 6.45) is 3.54. The molecule has 10 nitrogen and oxygen atoms in total. The minimum absolute atomic E-state index is 0.486. The van der Waals surface area contributed by atoms with Crippen LogP contribution in [-0.2, 0) is 11.3 Å². The number of rotatable bonds is 5.